The number of amides is 2. The molecule has 2 amide bonds. The first-order chi connectivity index (χ1) is 13.7. The van der Waals surface area contributed by atoms with Gasteiger partial charge in [0.15, 0.2) is 0 Å². The van der Waals surface area contributed by atoms with Crippen LogP contribution in [0.15, 0.2) is 60.7 Å². The van der Waals surface area contributed by atoms with Gasteiger partial charge in [0.05, 0.1) is 12.8 Å². The Morgan fingerprint density at radius 3 is 2.14 bits per heavy atom. The Morgan fingerprint density at radius 2 is 1.59 bits per heavy atom. The van der Waals surface area contributed by atoms with Gasteiger partial charge in [0.25, 0.3) is 0 Å². The zero-order valence-corrected chi connectivity index (χ0v) is 17.4. The van der Waals surface area contributed by atoms with Gasteiger partial charge in [-0.1, -0.05) is 60.7 Å². The van der Waals surface area contributed by atoms with E-state index in [0.717, 1.165) is 21.7 Å². The highest BCUT2D eigenvalue weighted by atomic mass is 32.2. The normalized spacial score (nSPS) is 20.5. The molecule has 1 heterocycles. The predicted molar refractivity (Wildman–Crippen MR) is 110 cm³/mol. The van der Waals surface area contributed by atoms with Crippen LogP contribution < -0.4 is 5.32 Å². The summed E-state index contributed by atoms with van der Waals surface area (Å²) in [5.41, 5.74) is 0.458. The van der Waals surface area contributed by atoms with Crippen molar-refractivity contribution in [3.8, 4) is 0 Å². The standard InChI is InChI=1S/C21H25N3O4S/c1-21(20(26)22-13-17-9-5-3-6-10-17)16-23(29(2,27)28)15-19(25)24(21)14-18-11-7-4-8-12-18/h3-12H,13-16H2,1-2H3,(H,22,26). The van der Waals surface area contributed by atoms with Crippen LogP contribution in [0.25, 0.3) is 0 Å². The molecule has 1 aliphatic rings. The average Bonchev–Trinajstić information content (AvgIpc) is 2.69. The van der Waals surface area contributed by atoms with Crippen molar-refractivity contribution in [3.63, 3.8) is 0 Å². The Hall–Kier alpha value is -2.71. The third-order valence-corrected chi connectivity index (χ3v) is 6.33. The quantitative estimate of drug-likeness (QED) is 0.772. The van der Waals surface area contributed by atoms with Crippen molar-refractivity contribution < 1.29 is 18.0 Å². The van der Waals surface area contributed by atoms with Crippen LogP contribution in [0.2, 0.25) is 0 Å². The Balaban J connectivity index is 1.88. The van der Waals surface area contributed by atoms with Crippen LogP contribution in [0, 0.1) is 0 Å². The fourth-order valence-electron chi connectivity index (χ4n) is 3.42. The number of hydrogen-bond acceptors (Lipinski definition) is 4. The van der Waals surface area contributed by atoms with Gasteiger partial charge in [-0.15, -0.1) is 0 Å². The first-order valence-electron chi connectivity index (χ1n) is 9.32. The molecule has 0 spiro atoms. The molecule has 0 aromatic heterocycles. The Bertz CT molecular complexity index is 980. The molecule has 3 rings (SSSR count). The third kappa shape index (κ3) is 4.83. The molecule has 29 heavy (non-hydrogen) atoms. The van der Waals surface area contributed by atoms with Crippen molar-refractivity contribution in [1.29, 1.82) is 0 Å². The minimum absolute atomic E-state index is 0.0922. The van der Waals surface area contributed by atoms with E-state index in [2.05, 4.69) is 5.32 Å². The number of sulfonamides is 1. The molecule has 2 aromatic carbocycles. The molecule has 154 valence electrons. The molecule has 0 aliphatic carbocycles. The number of rotatable bonds is 6. The van der Waals surface area contributed by atoms with Crippen molar-refractivity contribution in [2.75, 3.05) is 19.3 Å². The van der Waals surface area contributed by atoms with E-state index in [1.807, 2.05) is 60.7 Å². The zero-order chi connectivity index (χ0) is 21.1. The molecule has 1 unspecified atom stereocenters. The summed E-state index contributed by atoms with van der Waals surface area (Å²) in [6.45, 7) is 1.78. The average molecular weight is 416 g/mol. The monoisotopic (exact) mass is 415 g/mol. The van der Waals surface area contributed by atoms with E-state index in [-0.39, 0.29) is 25.5 Å². The van der Waals surface area contributed by atoms with E-state index in [9.17, 15) is 18.0 Å². The van der Waals surface area contributed by atoms with Crippen LogP contribution in [-0.2, 0) is 32.7 Å². The Labute approximate surface area is 171 Å². The summed E-state index contributed by atoms with van der Waals surface area (Å²) in [6.07, 6.45) is 1.05. The predicted octanol–water partition coefficient (Wildman–Crippen LogP) is 1.37. The van der Waals surface area contributed by atoms with Crippen LogP contribution in [0.3, 0.4) is 0 Å². The molecule has 0 saturated carbocycles. The van der Waals surface area contributed by atoms with Crippen LogP contribution in [0.4, 0.5) is 0 Å². The maximum atomic E-state index is 13.2. The molecule has 0 bridgehead atoms. The molecule has 8 heteroatoms. The molecule has 2 aromatic rings. The molecule has 1 saturated heterocycles. The molecular formula is C21H25N3O4S. The zero-order valence-electron chi connectivity index (χ0n) is 16.5. The second kappa shape index (κ2) is 8.34. The van der Waals surface area contributed by atoms with Crippen LogP contribution in [-0.4, -0.2) is 54.3 Å². The van der Waals surface area contributed by atoms with Crippen molar-refractivity contribution in [2.24, 2.45) is 0 Å². The van der Waals surface area contributed by atoms with Gasteiger partial charge in [-0.2, -0.15) is 4.31 Å². The maximum absolute atomic E-state index is 13.2. The van der Waals surface area contributed by atoms with Gasteiger partial charge in [0.2, 0.25) is 21.8 Å². The highest BCUT2D eigenvalue weighted by Gasteiger charge is 2.49. The van der Waals surface area contributed by atoms with Crippen molar-refractivity contribution >= 4 is 21.8 Å². The molecule has 1 atom stereocenters. The summed E-state index contributed by atoms with van der Waals surface area (Å²) in [5.74, 6) is -0.790. The van der Waals surface area contributed by atoms with Crippen LogP contribution in [0.5, 0.6) is 0 Å². The van der Waals surface area contributed by atoms with Gasteiger partial charge in [0.1, 0.15) is 5.54 Å². The molecule has 1 fully saturated rings. The molecular weight excluding hydrogens is 390 g/mol. The summed E-state index contributed by atoms with van der Waals surface area (Å²) < 4.78 is 25.3. The lowest BCUT2D eigenvalue weighted by Crippen LogP contribution is -2.69. The van der Waals surface area contributed by atoms with Gasteiger partial charge in [-0.3, -0.25) is 9.59 Å². The number of benzene rings is 2. The highest BCUT2D eigenvalue weighted by molar-refractivity contribution is 7.88. The minimum atomic E-state index is -3.62. The molecule has 1 aliphatic heterocycles. The molecule has 1 N–H and O–H groups in total. The van der Waals surface area contributed by atoms with E-state index in [0.29, 0.717) is 6.54 Å². The van der Waals surface area contributed by atoms with Gasteiger partial charge >= 0.3 is 0 Å². The number of nitrogens with one attached hydrogen (secondary N) is 1. The van der Waals surface area contributed by atoms with E-state index in [1.54, 1.807) is 6.92 Å². The van der Waals surface area contributed by atoms with Gasteiger partial charge in [-0.05, 0) is 18.1 Å². The van der Waals surface area contributed by atoms with Crippen molar-refractivity contribution in [3.05, 3.63) is 71.8 Å². The summed E-state index contributed by atoms with van der Waals surface area (Å²) >= 11 is 0. The fourth-order valence-corrected chi connectivity index (χ4v) is 4.25. The molecule has 7 nitrogen and oxygen atoms in total. The Morgan fingerprint density at radius 1 is 1.03 bits per heavy atom. The lowest BCUT2D eigenvalue weighted by atomic mass is 9.94. The SMILES string of the molecule is CC1(C(=O)NCc2ccccc2)CN(S(C)(=O)=O)CC(=O)N1Cc1ccccc1. The summed E-state index contributed by atoms with van der Waals surface area (Å²) in [7, 11) is -3.62. The largest absolute Gasteiger partial charge is 0.350 e. The third-order valence-electron chi connectivity index (χ3n) is 5.13. The lowest BCUT2D eigenvalue weighted by Gasteiger charge is -2.46. The van der Waals surface area contributed by atoms with Crippen LogP contribution in [0.1, 0.15) is 18.1 Å². The number of carbonyl (C=O) groups excluding carboxylic acids is 2. The second-order valence-corrected chi connectivity index (χ2v) is 9.42. The van der Waals surface area contributed by atoms with Crippen molar-refractivity contribution in [1.82, 2.24) is 14.5 Å². The summed E-state index contributed by atoms with van der Waals surface area (Å²) in [4.78, 5) is 27.6. The highest BCUT2D eigenvalue weighted by Crippen LogP contribution is 2.27. The number of hydrogen-bond donors (Lipinski definition) is 1. The van der Waals surface area contributed by atoms with Crippen molar-refractivity contribution in [2.45, 2.75) is 25.6 Å². The number of piperazine rings is 1. The Kier molecular flexibility index (Phi) is 6.04. The van der Waals surface area contributed by atoms with Crippen LogP contribution >= 0.6 is 0 Å². The fraction of sp³-hybridized carbons (Fsp3) is 0.333. The van der Waals surface area contributed by atoms with Gasteiger partial charge in [0, 0.05) is 19.6 Å². The topological polar surface area (TPSA) is 86.8 Å². The second-order valence-electron chi connectivity index (χ2n) is 7.44. The van der Waals surface area contributed by atoms with E-state index in [4.69, 9.17) is 0 Å². The first-order valence-corrected chi connectivity index (χ1v) is 11.2. The number of carbonyl (C=O) groups is 2. The minimum Gasteiger partial charge on any atom is -0.350 e. The first kappa shape index (κ1) is 21.0. The molecule has 0 radical (unpaired) electrons. The van der Waals surface area contributed by atoms with E-state index >= 15 is 0 Å². The summed E-state index contributed by atoms with van der Waals surface area (Å²) in [6, 6.07) is 18.8. The van der Waals surface area contributed by atoms with Gasteiger partial charge in [-0.25, -0.2) is 8.42 Å². The van der Waals surface area contributed by atoms with E-state index < -0.39 is 21.5 Å². The summed E-state index contributed by atoms with van der Waals surface area (Å²) in [5, 5.41) is 2.86. The maximum Gasteiger partial charge on any atom is 0.247 e. The lowest BCUT2D eigenvalue weighted by molar-refractivity contribution is -0.153. The number of nitrogens with zero attached hydrogens (tertiary/aromatic N) is 2. The van der Waals surface area contributed by atoms with Gasteiger partial charge < -0.3 is 10.2 Å². The smallest absolute Gasteiger partial charge is 0.247 e. The van der Waals surface area contributed by atoms with E-state index in [1.165, 1.54) is 4.90 Å².